The highest BCUT2D eigenvalue weighted by molar-refractivity contribution is 9.10. The highest BCUT2D eigenvalue weighted by Gasteiger charge is 1.97. The molecule has 40 valence electrons. The zero-order chi connectivity index (χ0) is 5.86. The lowest BCUT2D eigenvalue weighted by atomic mass is 10.3. The average molecular weight is 163 g/mol. The van der Waals surface area contributed by atoms with Crippen molar-refractivity contribution >= 4 is 27.9 Å². The Morgan fingerprint density at radius 1 is 1.86 bits per heavy atom. The van der Waals surface area contributed by atoms with E-state index in [1.54, 1.807) is 6.92 Å². The summed E-state index contributed by atoms with van der Waals surface area (Å²) in [7, 11) is 0. The molecule has 0 aliphatic carbocycles. The van der Waals surface area contributed by atoms with E-state index in [-0.39, 0.29) is 4.83 Å². The van der Waals surface area contributed by atoms with Crippen LogP contribution in [0.2, 0.25) is 0 Å². The van der Waals surface area contributed by atoms with Crippen molar-refractivity contribution in [3.05, 3.63) is 0 Å². The van der Waals surface area contributed by atoms with Gasteiger partial charge < -0.3 is 10.8 Å². The zero-order valence-electron chi connectivity index (χ0n) is 4.03. The first-order chi connectivity index (χ1) is 3.18. The molecule has 0 amide bonds. The van der Waals surface area contributed by atoms with E-state index in [4.69, 9.17) is 10.8 Å². The highest BCUT2D eigenvalue weighted by Crippen LogP contribution is 1.94. The molecule has 1 unspecified atom stereocenters. The molecule has 7 heavy (non-hydrogen) atoms. The van der Waals surface area contributed by atoms with Gasteiger partial charge in [-0.1, -0.05) is 15.9 Å². The Balaban J connectivity index is 3.55. The van der Waals surface area contributed by atoms with Crippen molar-refractivity contribution in [1.29, 1.82) is 10.8 Å². The van der Waals surface area contributed by atoms with Crippen LogP contribution in [0.1, 0.15) is 6.92 Å². The minimum absolute atomic E-state index is 0.160. The van der Waals surface area contributed by atoms with Gasteiger partial charge in [0.05, 0.1) is 4.83 Å². The van der Waals surface area contributed by atoms with Crippen LogP contribution in [0, 0.1) is 10.8 Å². The number of nitrogens with one attached hydrogen (secondary N) is 2. The van der Waals surface area contributed by atoms with Gasteiger partial charge in [0.1, 0.15) is 0 Å². The molecule has 1 atom stereocenters. The lowest BCUT2D eigenvalue weighted by molar-refractivity contribution is 1.40. The largest absolute Gasteiger partial charge is 0.312 e. The molecular formula is C4H7BrN2. The Bertz CT molecular complexity index is 89.7. The lowest BCUT2D eigenvalue weighted by Gasteiger charge is -1.94. The van der Waals surface area contributed by atoms with Crippen LogP contribution >= 0.6 is 15.9 Å². The van der Waals surface area contributed by atoms with Crippen LogP contribution in [0.5, 0.6) is 0 Å². The van der Waals surface area contributed by atoms with E-state index < -0.39 is 0 Å². The molecule has 0 spiro atoms. The summed E-state index contributed by atoms with van der Waals surface area (Å²) >= 11 is 3.07. The van der Waals surface area contributed by atoms with Crippen LogP contribution in [0.4, 0.5) is 0 Å². The first-order valence-electron chi connectivity index (χ1n) is 1.88. The second-order valence-electron chi connectivity index (χ2n) is 1.25. The van der Waals surface area contributed by atoms with Crippen LogP contribution in [0.3, 0.4) is 0 Å². The van der Waals surface area contributed by atoms with Gasteiger partial charge in [0, 0.05) is 11.9 Å². The predicted octanol–water partition coefficient (Wildman–Crippen LogP) is 1.44. The van der Waals surface area contributed by atoms with E-state index in [1.807, 2.05) is 0 Å². The number of hydrogen-bond acceptors (Lipinski definition) is 2. The second-order valence-corrected chi connectivity index (χ2v) is 2.24. The van der Waals surface area contributed by atoms with Gasteiger partial charge in [0.25, 0.3) is 0 Å². The van der Waals surface area contributed by atoms with E-state index >= 15 is 0 Å². The van der Waals surface area contributed by atoms with Gasteiger partial charge in [0.2, 0.25) is 0 Å². The molecule has 2 nitrogen and oxygen atoms in total. The predicted molar refractivity (Wildman–Crippen MR) is 34.9 cm³/mol. The SMILES string of the molecule is CC(=N)C(Br)C=N. The monoisotopic (exact) mass is 162 g/mol. The quantitative estimate of drug-likeness (QED) is 0.457. The third-order valence-electron chi connectivity index (χ3n) is 0.560. The van der Waals surface area contributed by atoms with E-state index in [0.717, 1.165) is 0 Å². The van der Waals surface area contributed by atoms with E-state index in [9.17, 15) is 0 Å². The van der Waals surface area contributed by atoms with Gasteiger partial charge in [-0.3, -0.25) is 0 Å². The third-order valence-corrected chi connectivity index (χ3v) is 1.51. The highest BCUT2D eigenvalue weighted by atomic mass is 79.9. The fourth-order valence-electron chi connectivity index (χ4n) is 0.125. The maximum absolute atomic E-state index is 6.90. The fourth-order valence-corrected chi connectivity index (χ4v) is 0.125. The maximum Gasteiger partial charge on any atom is 0.0863 e. The second kappa shape index (κ2) is 2.91. The van der Waals surface area contributed by atoms with Crippen LogP contribution < -0.4 is 0 Å². The van der Waals surface area contributed by atoms with Gasteiger partial charge in [-0.25, -0.2) is 0 Å². The molecule has 0 radical (unpaired) electrons. The van der Waals surface area contributed by atoms with Crippen molar-refractivity contribution in [3.63, 3.8) is 0 Å². The Kier molecular flexibility index (Phi) is 2.83. The summed E-state index contributed by atoms with van der Waals surface area (Å²) < 4.78 is 0. The molecule has 0 aliphatic heterocycles. The summed E-state index contributed by atoms with van der Waals surface area (Å²) in [4.78, 5) is -0.160. The standard InChI is InChI=1S/C4H7BrN2/c1-3(7)4(5)2-6/h2,4,6-7H,1H3. The van der Waals surface area contributed by atoms with Crippen molar-refractivity contribution < 1.29 is 0 Å². The van der Waals surface area contributed by atoms with Crippen molar-refractivity contribution in [2.75, 3.05) is 0 Å². The van der Waals surface area contributed by atoms with Crippen molar-refractivity contribution in [3.8, 4) is 0 Å². The number of alkyl halides is 1. The minimum atomic E-state index is -0.160. The Hall–Kier alpha value is -0.180. The molecule has 0 aromatic heterocycles. The smallest absolute Gasteiger partial charge is 0.0863 e. The number of rotatable bonds is 2. The number of halogens is 1. The third kappa shape index (κ3) is 2.51. The summed E-state index contributed by atoms with van der Waals surface area (Å²) in [6.45, 7) is 1.66. The normalized spacial score (nSPS) is 12.9. The summed E-state index contributed by atoms with van der Waals surface area (Å²) in [5.74, 6) is 0. The molecule has 3 heteroatoms. The lowest BCUT2D eigenvalue weighted by Crippen LogP contribution is -2.08. The minimum Gasteiger partial charge on any atom is -0.312 e. The summed E-state index contributed by atoms with van der Waals surface area (Å²) in [5.41, 5.74) is 0.468. The molecule has 0 aromatic carbocycles. The summed E-state index contributed by atoms with van der Waals surface area (Å²) in [6.07, 6.45) is 1.18. The van der Waals surface area contributed by atoms with Crippen LogP contribution in [0.15, 0.2) is 0 Å². The van der Waals surface area contributed by atoms with Crippen molar-refractivity contribution in [1.82, 2.24) is 0 Å². The Morgan fingerprint density at radius 3 is 2.29 bits per heavy atom. The molecule has 0 heterocycles. The molecule has 0 bridgehead atoms. The Labute approximate surface area is 51.1 Å². The molecule has 0 rings (SSSR count). The van der Waals surface area contributed by atoms with E-state index in [1.165, 1.54) is 6.21 Å². The first kappa shape index (κ1) is 6.82. The summed E-state index contributed by atoms with van der Waals surface area (Å²) in [6, 6.07) is 0. The molecule has 0 aromatic rings. The van der Waals surface area contributed by atoms with E-state index in [0.29, 0.717) is 5.71 Å². The van der Waals surface area contributed by atoms with Gasteiger partial charge in [-0.2, -0.15) is 0 Å². The zero-order valence-corrected chi connectivity index (χ0v) is 5.62. The fraction of sp³-hybridized carbons (Fsp3) is 0.500. The van der Waals surface area contributed by atoms with Gasteiger partial charge in [-0.15, -0.1) is 0 Å². The van der Waals surface area contributed by atoms with Crippen LogP contribution in [-0.2, 0) is 0 Å². The molecule has 2 N–H and O–H groups in total. The van der Waals surface area contributed by atoms with Crippen LogP contribution in [0.25, 0.3) is 0 Å². The number of hydrogen-bond donors (Lipinski definition) is 2. The maximum atomic E-state index is 6.90. The molecule has 0 fully saturated rings. The first-order valence-corrected chi connectivity index (χ1v) is 2.79. The van der Waals surface area contributed by atoms with Gasteiger partial charge in [0.15, 0.2) is 0 Å². The summed E-state index contributed by atoms with van der Waals surface area (Å²) in [5, 5.41) is 13.5. The molecule has 0 aliphatic rings. The van der Waals surface area contributed by atoms with Crippen molar-refractivity contribution in [2.45, 2.75) is 11.8 Å². The van der Waals surface area contributed by atoms with E-state index in [2.05, 4.69) is 15.9 Å². The molecular weight excluding hydrogens is 156 g/mol. The van der Waals surface area contributed by atoms with Gasteiger partial charge >= 0.3 is 0 Å². The Morgan fingerprint density at radius 2 is 2.29 bits per heavy atom. The van der Waals surface area contributed by atoms with Crippen LogP contribution in [-0.4, -0.2) is 16.8 Å². The average Bonchev–Trinajstić information content (AvgIpc) is 1.65. The molecule has 0 saturated carbocycles. The van der Waals surface area contributed by atoms with Gasteiger partial charge in [-0.05, 0) is 6.92 Å². The topological polar surface area (TPSA) is 47.7 Å². The molecule has 0 saturated heterocycles. The van der Waals surface area contributed by atoms with Crippen molar-refractivity contribution in [2.24, 2.45) is 0 Å².